The summed E-state index contributed by atoms with van der Waals surface area (Å²) in [4.78, 5) is 24.1. The van der Waals surface area contributed by atoms with Gasteiger partial charge < -0.3 is 20.8 Å². The molecule has 4 N–H and O–H groups in total. The molecule has 0 bridgehead atoms. The molecule has 0 spiro atoms. The van der Waals surface area contributed by atoms with Gasteiger partial charge in [0, 0.05) is 11.7 Å². The van der Waals surface area contributed by atoms with E-state index in [-0.39, 0.29) is 34.8 Å². The summed E-state index contributed by atoms with van der Waals surface area (Å²) in [6.45, 7) is 5.76. The van der Waals surface area contributed by atoms with Crippen molar-refractivity contribution in [2.45, 2.75) is 32.7 Å². The van der Waals surface area contributed by atoms with Crippen molar-refractivity contribution in [2.24, 2.45) is 0 Å². The van der Waals surface area contributed by atoms with Gasteiger partial charge in [0.05, 0.1) is 0 Å². The minimum absolute atomic E-state index is 0.114. The Morgan fingerprint density at radius 2 is 1.59 bits per heavy atom. The van der Waals surface area contributed by atoms with Crippen molar-refractivity contribution in [1.29, 1.82) is 0 Å². The number of aromatic hydroxyl groups is 2. The summed E-state index contributed by atoms with van der Waals surface area (Å²) in [5.41, 5.74) is 1.42. The Kier molecular flexibility index (Phi) is 4.90. The van der Waals surface area contributed by atoms with Gasteiger partial charge in [-0.2, -0.15) is 0 Å². The van der Waals surface area contributed by atoms with E-state index in [0.29, 0.717) is 5.69 Å². The van der Waals surface area contributed by atoms with Crippen molar-refractivity contribution in [3.8, 4) is 11.5 Å². The van der Waals surface area contributed by atoms with Crippen molar-refractivity contribution in [3.63, 3.8) is 0 Å². The van der Waals surface area contributed by atoms with Crippen LogP contribution in [0.1, 0.15) is 43.9 Å². The van der Waals surface area contributed by atoms with Crippen molar-refractivity contribution in [1.82, 2.24) is 0 Å². The van der Waals surface area contributed by atoms with Gasteiger partial charge in [0.15, 0.2) is 0 Å². The molecule has 6 nitrogen and oxygen atoms in total. The first-order chi connectivity index (χ1) is 12.8. The zero-order valence-electron chi connectivity index (χ0n) is 15.4. The Morgan fingerprint density at radius 3 is 2.26 bits per heavy atom. The minimum atomic E-state index is -0.584. The van der Waals surface area contributed by atoms with E-state index in [9.17, 15) is 19.8 Å². The summed E-state index contributed by atoms with van der Waals surface area (Å²) < 4.78 is 0. The number of phenols is 2. The van der Waals surface area contributed by atoms with Crippen molar-refractivity contribution >= 4 is 17.1 Å². The van der Waals surface area contributed by atoms with Crippen molar-refractivity contribution < 1.29 is 10.2 Å². The lowest BCUT2D eigenvalue weighted by atomic mass is 10.0. The van der Waals surface area contributed by atoms with Gasteiger partial charge in [0.1, 0.15) is 22.9 Å². The van der Waals surface area contributed by atoms with Gasteiger partial charge in [-0.3, -0.25) is 9.59 Å². The molecule has 6 heteroatoms. The van der Waals surface area contributed by atoms with E-state index < -0.39 is 10.9 Å². The normalized spacial score (nSPS) is 12.3. The molecule has 0 fully saturated rings. The number of phenolic OH excluding ortho intramolecular Hbond substituents is 2. The van der Waals surface area contributed by atoms with Gasteiger partial charge in [-0.05, 0) is 54.3 Å². The molecule has 3 aromatic carbocycles. The average Bonchev–Trinajstić information content (AvgIpc) is 2.65. The van der Waals surface area contributed by atoms with E-state index in [1.807, 2.05) is 26.8 Å². The lowest BCUT2D eigenvalue weighted by Gasteiger charge is -2.20. The number of hydrogen-bond acceptors (Lipinski definition) is 6. The zero-order valence-corrected chi connectivity index (χ0v) is 15.4. The quantitative estimate of drug-likeness (QED) is 0.392. The van der Waals surface area contributed by atoms with E-state index in [1.54, 1.807) is 36.4 Å². The van der Waals surface area contributed by atoms with E-state index in [4.69, 9.17) is 0 Å². The third-order valence-corrected chi connectivity index (χ3v) is 4.56. The molecule has 3 rings (SSSR count). The highest BCUT2D eigenvalue weighted by atomic mass is 16.3. The molecule has 0 aromatic heterocycles. The number of anilines is 3. The molecule has 0 aliphatic carbocycles. The summed E-state index contributed by atoms with van der Waals surface area (Å²) in [6.07, 6.45) is 0. The molecule has 0 amide bonds. The second-order valence-corrected chi connectivity index (χ2v) is 6.92. The van der Waals surface area contributed by atoms with Crippen molar-refractivity contribution in [3.05, 3.63) is 74.0 Å². The van der Waals surface area contributed by atoms with Gasteiger partial charge in [0.25, 0.3) is 10.9 Å². The van der Waals surface area contributed by atoms with Gasteiger partial charge >= 0.3 is 0 Å². The van der Waals surface area contributed by atoms with E-state index in [1.165, 1.54) is 0 Å². The summed E-state index contributed by atoms with van der Waals surface area (Å²) in [7, 11) is 0. The Morgan fingerprint density at radius 1 is 0.889 bits per heavy atom. The predicted octanol–water partition coefficient (Wildman–Crippen LogP) is 3.73. The lowest BCUT2D eigenvalue weighted by molar-refractivity contribution is 0.465. The van der Waals surface area contributed by atoms with E-state index in [0.717, 1.165) is 11.1 Å². The highest BCUT2D eigenvalue weighted by Gasteiger charge is 2.23. The van der Waals surface area contributed by atoms with Crippen LogP contribution in [0.5, 0.6) is 11.5 Å². The number of rotatable bonds is 6. The first-order valence-electron chi connectivity index (χ1n) is 8.76. The van der Waals surface area contributed by atoms with Gasteiger partial charge in [-0.15, -0.1) is 0 Å². The maximum Gasteiger partial charge on any atom is 0.253 e. The molecule has 0 aliphatic heterocycles. The Labute approximate surface area is 156 Å². The number of hydrogen-bond donors (Lipinski definition) is 4. The van der Waals surface area contributed by atoms with E-state index >= 15 is 0 Å². The molecule has 0 saturated heterocycles. The Bertz CT molecular complexity index is 1050. The first-order valence-corrected chi connectivity index (χ1v) is 8.76. The number of benzene rings is 2. The largest absolute Gasteiger partial charge is 0.508 e. The summed E-state index contributed by atoms with van der Waals surface area (Å²) >= 11 is 0. The molecule has 0 saturated carbocycles. The van der Waals surface area contributed by atoms with Crippen LogP contribution in [0.3, 0.4) is 0 Å². The van der Waals surface area contributed by atoms with Crippen LogP contribution in [-0.4, -0.2) is 10.2 Å². The third-order valence-electron chi connectivity index (χ3n) is 4.56. The lowest BCUT2D eigenvalue weighted by Crippen LogP contribution is -2.37. The smallest absolute Gasteiger partial charge is 0.253 e. The minimum Gasteiger partial charge on any atom is -0.508 e. The SMILES string of the molecule is CC(C)c1cc(Nc2c(N[C@H](C)c3cccc(O)c3)c(=O)c2=O)ccc1O. The van der Waals surface area contributed by atoms with Crippen LogP contribution >= 0.6 is 0 Å². The standard InChI is InChI=1S/C21H22N2O4/c1-11(2)16-10-14(7-8-17(16)25)23-19-18(20(26)21(19)27)22-12(3)13-5-4-6-15(24)9-13/h4-12,22-25H,1-3H3/t12-/m1/s1. The molecule has 0 heterocycles. The molecular weight excluding hydrogens is 344 g/mol. The van der Waals surface area contributed by atoms with Crippen LogP contribution in [0.25, 0.3) is 0 Å². The van der Waals surface area contributed by atoms with Crippen LogP contribution in [0, 0.1) is 0 Å². The fourth-order valence-electron chi connectivity index (χ4n) is 2.98. The van der Waals surface area contributed by atoms with E-state index in [2.05, 4.69) is 10.6 Å². The summed E-state index contributed by atoms with van der Waals surface area (Å²) in [5, 5.41) is 25.6. The molecular formula is C21H22N2O4. The second-order valence-electron chi connectivity index (χ2n) is 6.92. The van der Waals surface area contributed by atoms with Crippen LogP contribution in [0.15, 0.2) is 52.1 Å². The van der Waals surface area contributed by atoms with Crippen LogP contribution in [-0.2, 0) is 0 Å². The average molecular weight is 366 g/mol. The molecule has 0 unspecified atom stereocenters. The summed E-state index contributed by atoms with van der Waals surface area (Å²) in [5.74, 6) is 0.439. The third kappa shape index (κ3) is 3.65. The van der Waals surface area contributed by atoms with Crippen LogP contribution in [0.2, 0.25) is 0 Å². The predicted molar refractivity (Wildman–Crippen MR) is 107 cm³/mol. The van der Waals surface area contributed by atoms with Crippen molar-refractivity contribution in [2.75, 3.05) is 10.6 Å². The zero-order chi connectivity index (χ0) is 19.7. The highest BCUT2D eigenvalue weighted by molar-refractivity contribution is 5.79. The fraction of sp³-hybridized carbons (Fsp3) is 0.238. The fourth-order valence-corrected chi connectivity index (χ4v) is 2.98. The summed E-state index contributed by atoms with van der Waals surface area (Å²) in [6, 6.07) is 11.4. The molecule has 1 atom stereocenters. The topological polar surface area (TPSA) is 98.7 Å². The number of nitrogens with one attached hydrogen (secondary N) is 2. The van der Waals surface area contributed by atoms with Crippen LogP contribution < -0.4 is 21.5 Å². The molecule has 3 aromatic rings. The molecule has 27 heavy (non-hydrogen) atoms. The first kappa shape index (κ1) is 18.5. The van der Waals surface area contributed by atoms with Gasteiger partial charge in [-0.25, -0.2) is 0 Å². The van der Waals surface area contributed by atoms with Crippen LogP contribution in [0.4, 0.5) is 17.1 Å². The van der Waals surface area contributed by atoms with Gasteiger partial charge in [-0.1, -0.05) is 26.0 Å². The Balaban J connectivity index is 1.85. The molecule has 0 radical (unpaired) electrons. The second kappa shape index (κ2) is 7.15. The van der Waals surface area contributed by atoms with Gasteiger partial charge in [0.2, 0.25) is 0 Å². The maximum atomic E-state index is 12.0. The maximum absolute atomic E-state index is 12.0. The molecule has 140 valence electrons. The highest BCUT2D eigenvalue weighted by Crippen LogP contribution is 2.31. The monoisotopic (exact) mass is 366 g/mol. The molecule has 0 aliphatic rings. The Hall–Kier alpha value is -3.28.